The molecule has 0 heteroatoms. The number of rotatable bonds is 2. The van der Waals surface area contributed by atoms with Gasteiger partial charge < -0.3 is 0 Å². The van der Waals surface area contributed by atoms with Crippen molar-refractivity contribution in [3.8, 4) is 0 Å². The highest BCUT2D eigenvalue weighted by molar-refractivity contribution is 5.23. The van der Waals surface area contributed by atoms with Crippen molar-refractivity contribution >= 4 is 0 Å². The summed E-state index contributed by atoms with van der Waals surface area (Å²) >= 11 is 0. The van der Waals surface area contributed by atoms with Crippen LogP contribution in [0.15, 0.2) is 54.6 Å². The second-order valence-electron chi connectivity index (χ2n) is 5.03. The molecular formula is C22H34. The first-order chi connectivity index (χ1) is 10.8. The third-order valence-electron chi connectivity index (χ3n) is 3.34. The average molecular weight is 299 g/mol. The van der Waals surface area contributed by atoms with Crippen molar-refractivity contribution in [2.75, 3.05) is 0 Å². The van der Waals surface area contributed by atoms with Gasteiger partial charge in [0.05, 0.1) is 0 Å². The van der Waals surface area contributed by atoms with E-state index in [1.54, 1.807) is 0 Å². The van der Waals surface area contributed by atoms with Crippen LogP contribution in [0.5, 0.6) is 0 Å². The first-order valence-electron chi connectivity index (χ1n) is 8.90. The first kappa shape index (κ1) is 20.4. The second-order valence-corrected chi connectivity index (χ2v) is 5.03. The molecule has 0 heterocycles. The van der Waals surface area contributed by atoms with Gasteiger partial charge in [0.15, 0.2) is 0 Å². The first-order valence-corrected chi connectivity index (χ1v) is 8.90. The summed E-state index contributed by atoms with van der Waals surface area (Å²) in [6, 6.07) is 19.4. The van der Waals surface area contributed by atoms with E-state index in [1.807, 2.05) is 27.7 Å². The molecule has 0 aliphatic heterocycles. The number of hydrogen-bond donors (Lipinski definition) is 0. The molecule has 122 valence electrons. The third-order valence-corrected chi connectivity index (χ3v) is 3.34. The molecule has 3 rings (SSSR count). The van der Waals surface area contributed by atoms with Crippen molar-refractivity contribution in [3.05, 3.63) is 71.3 Å². The Labute approximate surface area is 138 Å². The van der Waals surface area contributed by atoms with Gasteiger partial charge >= 0.3 is 0 Å². The van der Waals surface area contributed by atoms with E-state index in [0.717, 1.165) is 12.3 Å². The lowest BCUT2D eigenvalue weighted by Crippen LogP contribution is -1.78. The van der Waals surface area contributed by atoms with Gasteiger partial charge in [-0.05, 0) is 43.2 Å². The van der Waals surface area contributed by atoms with Gasteiger partial charge in [0.2, 0.25) is 0 Å². The van der Waals surface area contributed by atoms with Crippen molar-refractivity contribution < 1.29 is 0 Å². The van der Waals surface area contributed by atoms with Crippen LogP contribution < -0.4 is 0 Å². The van der Waals surface area contributed by atoms with Crippen molar-refractivity contribution in [3.63, 3.8) is 0 Å². The Morgan fingerprint density at radius 2 is 1.41 bits per heavy atom. The number of hydrogen-bond acceptors (Lipinski definition) is 0. The van der Waals surface area contributed by atoms with Gasteiger partial charge in [-0.15, -0.1) is 0 Å². The van der Waals surface area contributed by atoms with Crippen LogP contribution in [0, 0.1) is 6.92 Å². The zero-order chi connectivity index (χ0) is 16.8. The third kappa shape index (κ3) is 8.67. The molecule has 1 aliphatic rings. The molecule has 0 spiro atoms. The van der Waals surface area contributed by atoms with E-state index in [-0.39, 0.29) is 0 Å². The fraction of sp³-hybridized carbons (Fsp3) is 0.455. The van der Waals surface area contributed by atoms with E-state index in [4.69, 9.17) is 0 Å². The summed E-state index contributed by atoms with van der Waals surface area (Å²) in [5.74, 6) is 0.909. The molecule has 0 nitrogen and oxygen atoms in total. The quantitative estimate of drug-likeness (QED) is 0.551. The van der Waals surface area contributed by atoms with Gasteiger partial charge in [-0.3, -0.25) is 0 Å². The van der Waals surface area contributed by atoms with Gasteiger partial charge in [-0.2, -0.15) is 0 Å². The predicted octanol–water partition coefficient (Wildman–Crippen LogP) is 7.17. The van der Waals surface area contributed by atoms with E-state index in [9.17, 15) is 0 Å². The smallest absolute Gasteiger partial charge is 0.0162 e. The SMILES string of the molecule is CC.CC.CCc1cccc(C)c1.c1ccc(C2CC2)cc1. The van der Waals surface area contributed by atoms with Gasteiger partial charge in [0, 0.05) is 0 Å². The fourth-order valence-corrected chi connectivity index (χ4v) is 2.07. The summed E-state index contributed by atoms with van der Waals surface area (Å²) in [6.45, 7) is 12.3. The van der Waals surface area contributed by atoms with Crippen LogP contribution in [0.1, 0.15) is 70.1 Å². The lowest BCUT2D eigenvalue weighted by atomic mass is 10.1. The van der Waals surface area contributed by atoms with Gasteiger partial charge in [-0.25, -0.2) is 0 Å². The molecule has 0 saturated heterocycles. The summed E-state index contributed by atoms with van der Waals surface area (Å²) in [5.41, 5.74) is 4.31. The maximum atomic E-state index is 2.22. The topological polar surface area (TPSA) is 0 Å². The normalized spacial score (nSPS) is 11.7. The lowest BCUT2D eigenvalue weighted by Gasteiger charge is -1.95. The van der Waals surface area contributed by atoms with E-state index in [0.29, 0.717) is 0 Å². The monoisotopic (exact) mass is 298 g/mol. The minimum Gasteiger partial charge on any atom is -0.0683 e. The van der Waals surface area contributed by atoms with Gasteiger partial charge in [-0.1, -0.05) is 94.8 Å². The molecule has 0 radical (unpaired) electrons. The van der Waals surface area contributed by atoms with Crippen molar-refractivity contribution in [2.24, 2.45) is 0 Å². The molecular weight excluding hydrogens is 264 g/mol. The molecule has 0 aromatic heterocycles. The van der Waals surface area contributed by atoms with E-state index in [2.05, 4.69) is 68.4 Å². The summed E-state index contributed by atoms with van der Waals surface area (Å²) in [4.78, 5) is 0. The Hall–Kier alpha value is -1.56. The van der Waals surface area contributed by atoms with Crippen LogP contribution in [0.4, 0.5) is 0 Å². The Balaban J connectivity index is 0.000000328. The highest BCUT2D eigenvalue weighted by Gasteiger charge is 2.22. The van der Waals surface area contributed by atoms with Crippen molar-refractivity contribution in [2.45, 2.75) is 66.7 Å². The molecule has 0 bridgehead atoms. The molecule has 0 atom stereocenters. The Kier molecular flexibility index (Phi) is 12.2. The van der Waals surface area contributed by atoms with Crippen LogP contribution >= 0.6 is 0 Å². The molecule has 0 N–H and O–H groups in total. The van der Waals surface area contributed by atoms with E-state index >= 15 is 0 Å². The maximum Gasteiger partial charge on any atom is -0.0162 e. The summed E-state index contributed by atoms with van der Waals surface area (Å²) in [7, 11) is 0. The summed E-state index contributed by atoms with van der Waals surface area (Å²) < 4.78 is 0. The van der Waals surface area contributed by atoms with Crippen LogP contribution in [0.2, 0.25) is 0 Å². The van der Waals surface area contributed by atoms with Gasteiger partial charge in [0.25, 0.3) is 0 Å². The average Bonchev–Trinajstić information content (AvgIpc) is 3.45. The highest BCUT2D eigenvalue weighted by atomic mass is 14.3. The summed E-state index contributed by atoms with van der Waals surface area (Å²) in [5, 5.41) is 0. The molecule has 22 heavy (non-hydrogen) atoms. The fourth-order valence-electron chi connectivity index (χ4n) is 2.07. The van der Waals surface area contributed by atoms with Crippen molar-refractivity contribution in [1.29, 1.82) is 0 Å². The maximum absolute atomic E-state index is 2.22. The number of benzene rings is 2. The van der Waals surface area contributed by atoms with Crippen LogP contribution in [-0.4, -0.2) is 0 Å². The Morgan fingerprint density at radius 1 is 0.818 bits per heavy atom. The standard InChI is InChI=1S/C9H10.C9H12.2C2H6/c1-2-4-8(5-3-1)9-6-7-9;1-3-9-6-4-5-8(2)7-9;2*1-2/h1-5,9H,6-7H2;4-7H,3H2,1-2H3;2*1-2H3. The largest absolute Gasteiger partial charge is 0.0683 e. The van der Waals surface area contributed by atoms with Gasteiger partial charge in [0.1, 0.15) is 0 Å². The lowest BCUT2D eigenvalue weighted by molar-refractivity contribution is 1.13. The molecule has 1 aliphatic carbocycles. The summed E-state index contributed by atoms with van der Waals surface area (Å²) in [6.07, 6.45) is 3.95. The zero-order valence-electron chi connectivity index (χ0n) is 15.4. The minimum absolute atomic E-state index is 0.909. The molecule has 1 fully saturated rings. The predicted molar refractivity (Wildman–Crippen MR) is 102 cm³/mol. The molecule has 2 aromatic rings. The minimum atomic E-state index is 0.909. The zero-order valence-corrected chi connectivity index (χ0v) is 15.4. The molecule has 1 saturated carbocycles. The molecule has 0 unspecified atom stereocenters. The molecule has 2 aromatic carbocycles. The Morgan fingerprint density at radius 3 is 1.82 bits per heavy atom. The van der Waals surface area contributed by atoms with E-state index < -0.39 is 0 Å². The molecule has 0 amide bonds. The van der Waals surface area contributed by atoms with E-state index in [1.165, 1.54) is 29.5 Å². The van der Waals surface area contributed by atoms with Crippen molar-refractivity contribution in [1.82, 2.24) is 0 Å². The van der Waals surface area contributed by atoms with Crippen LogP contribution in [0.3, 0.4) is 0 Å². The van der Waals surface area contributed by atoms with Crippen LogP contribution in [0.25, 0.3) is 0 Å². The Bertz CT molecular complexity index is 466. The highest BCUT2D eigenvalue weighted by Crippen LogP contribution is 2.39. The van der Waals surface area contributed by atoms with Crippen LogP contribution in [-0.2, 0) is 6.42 Å². The number of aryl methyl sites for hydroxylation is 2. The second kappa shape index (κ2) is 13.1.